The molecule has 102 valence electrons. The molecule has 0 saturated carbocycles. The second-order valence-corrected chi connectivity index (χ2v) is 4.66. The van der Waals surface area contributed by atoms with Crippen molar-refractivity contribution in [3.8, 4) is 0 Å². The summed E-state index contributed by atoms with van der Waals surface area (Å²) in [4.78, 5) is 4.58. The summed E-state index contributed by atoms with van der Waals surface area (Å²) in [5, 5.41) is 0. The van der Waals surface area contributed by atoms with E-state index in [0.717, 1.165) is 22.4 Å². The number of imidazole rings is 1. The van der Waals surface area contributed by atoms with Gasteiger partial charge in [0.2, 0.25) is 0 Å². The molecule has 3 nitrogen and oxygen atoms in total. The summed E-state index contributed by atoms with van der Waals surface area (Å²) < 4.78 is 20.3. The van der Waals surface area contributed by atoms with Crippen molar-refractivity contribution < 1.29 is 9.13 Å². The lowest BCUT2D eigenvalue weighted by molar-refractivity contribution is 0.175. The summed E-state index contributed by atoms with van der Waals surface area (Å²) in [6.45, 7) is 1.11. The van der Waals surface area contributed by atoms with Gasteiger partial charge in [-0.05, 0) is 29.8 Å². The Bertz CT molecular complexity index is 719. The summed E-state index contributed by atoms with van der Waals surface area (Å²) in [7, 11) is 1.65. The molecule has 1 aromatic heterocycles. The van der Waals surface area contributed by atoms with E-state index in [1.165, 1.54) is 12.1 Å². The highest BCUT2D eigenvalue weighted by atomic mass is 19.1. The lowest BCUT2D eigenvalue weighted by Gasteiger charge is -2.09. The van der Waals surface area contributed by atoms with Crippen LogP contribution >= 0.6 is 0 Å². The van der Waals surface area contributed by atoms with Crippen molar-refractivity contribution in [2.75, 3.05) is 7.11 Å². The molecule has 3 rings (SSSR count). The zero-order valence-electron chi connectivity index (χ0n) is 11.2. The first kappa shape index (κ1) is 12.8. The minimum Gasteiger partial charge on any atom is -0.377 e. The fourth-order valence-corrected chi connectivity index (χ4v) is 2.31. The quantitative estimate of drug-likeness (QED) is 0.726. The third-order valence-electron chi connectivity index (χ3n) is 3.26. The van der Waals surface area contributed by atoms with Crippen LogP contribution in [0.25, 0.3) is 11.0 Å². The third-order valence-corrected chi connectivity index (χ3v) is 3.26. The molecule has 0 aliphatic rings. The maximum absolute atomic E-state index is 13.0. The van der Waals surface area contributed by atoms with E-state index in [2.05, 4.69) is 9.55 Å². The van der Waals surface area contributed by atoms with Crippen molar-refractivity contribution >= 4 is 11.0 Å². The van der Waals surface area contributed by atoms with E-state index in [-0.39, 0.29) is 5.82 Å². The summed E-state index contributed by atoms with van der Waals surface area (Å²) in [6.07, 6.45) is 0. The molecule has 3 aromatic rings. The van der Waals surface area contributed by atoms with Gasteiger partial charge in [0.05, 0.1) is 11.0 Å². The molecule has 0 atom stereocenters. The SMILES string of the molecule is COCc1nc2ccccc2n1Cc1ccc(F)cc1. The number of halogens is 1. The van der Waals surface area contributed by atoms with Gasteiger partial charge < -0.3 is 9.30 Å². The Morgan fingerprint density at radius 3 is 2.60 bits per heavy atom. The molecule has 0 spiro atoms. The first-order valence-electron chi connectivity index (χ1n) is 6.45. The lowest BCUT2D eigenvalue weighted by Crippen LogP contribution is -2.06. The molecule has 0 saturated heterocycles. The van der Waals surface area contributed by atoms with Gasteiger partial charge in [-0.3, -0.25) is 0 Å². The Morgan fingerprint density at radius 2 is 1.85 bits per heavy atom. The Kier molecular flexibility index (Phi) is 3.48. The van der Waals surface area contributed by atoms with Crippen molar-refractivity contribution in [2.45, 2.75) is 13.2 Å². The number of aromatic nitrogens is 2. The minimum absolute atomic E-state index is 0.221. The number of ether oxygens (including phenoxy) is 1. The van der Waals surface area contributed by atoms with E-state index in [1.807, 2.05) is 24.3 Å². The second kappa shape index (κ2) is 5.43. The number of nitrogens with zero attached hydrogens (tertiary/aromatic N) is 2. The summed E-state index contributed by atoms with van der Waals surface area (Å²) in [5.41, 5.74) is 3.04. The van der Waals surface area contributed by atoms with Gasteiger partial charge in [0.15, 0.2) is 0 Å². The first-order valence-corrected chi connectivity index (χ1v) is 6.45. The fourth-order valence-electron chi connectivity index (χ4n) is 2.31. The number of para-hydroxylation sites is 2. The molecule has 20 heavy (non-hydrogen) atoms. The normalized spacial score (nSPS) is 11.1. The highest BCUT2D eigenvalue weighted by Crippen LogP contribution is 2.18. The predicted molar refractivity (Wildman–Crippen MR) is 75.9 cm³/mol. The molecule has 0 aliphatic heterocycles. The van der Waals surface area contributed by atoms with E-state index in [1.54, 1.807) is 19.2 Å². The van der Waals surface area contributed by atoms with Crippen molar-refractivity contribution in [3.05, 3.63) is 65.7 Å². The van der Waals surface area contributed by atoms with E-state index >= 15 is 0 Å². The zero-order valence-corrected chi connectivity index (χ0v) is 11.2. The van der Waals surface area contributed by atoms with E-state index in [4.69, 9.17) is 4.74 Å². The molecule has 0 N–H and O–H groups in total. The number of fused-ring (bicyclic) bond motifs is 1. The third kappa shape index (κ3) is 2.42. The maximum atomic E-state index is 13.0. The van der Waals surface area contributed by atoms with Gasteiger partial charge in [0.25, 0.3) is 0 Å². The first-order chi connectivity index (χ1) is 9.78. The van der Waals surface area contributed by atoms with Gasteiger partial charge in [-0.2, -0.15) is 0 Å². The molecule has 4 heteroatoms. The smallest absolute Gasteiger partial charge is 0.136 e. The molecule has 2 aromatic carbocycles. The molecule has 0 aliphatic carbocycles. The van der Waals surface area contributed by atoms with Crippen LogP contribution in [0, 0.1) is 5.82 Å². The van der Waals surface area contributed by atoms with Crippen molar-refractivity contribution in [3.63, 3.8) is 0 Å². The summed E-state index contributed by atoms with van der Waals surface area (Å²) in [6, 6.07) is 14.5. The van der Waals surface area contributed by atoms with Crippen LogP contribution in [0.4, 0.5) is 4.39 Å². The standard InChI is InChI=1S/C16H15FN2O/c1-20-11-16-18-14-4-2-3-5-15(14)19(16)10-12-6-8-13(17)9-7-12/h2-9H,10-11H2,1H3. The average Bonchev–Trinajstić information content (AvgIpc) is 2.80. The fraction of sp³-hybridized carbons (Fsp3) is 0.188. The second-order valence-electron chi connectivity index (χ2n) is 4.66. The Balaban J connectivity index is 2.04. The monoisotopic (exact) mass is 270 g/mol. The Labute approximate surface area is 116 Å². The van der Waals surface area contributed by atoms with E-state index in [9.17, 15) is 4.39 Å². The maximum Gasteiger partial charge on any atom is 0.136 e. The largest absolute Gasteiger partial charge is 0.377 e. The van der Waals surface area contributed by atoms with Crippen molar-refractivity contribution in [2.24, 2.45) is 0 Å². The van der Waals surface area contributed by atoms with Gasteiger partial charge in [0, 0.05) is 13.7 Å². The predicted octanol–water partition coefficient (Wildman–Crippen LogP) is 3.37. The summed E-state index contributed by atoms with van der Waals surface area (Å²) in [5.74, 6) is 0.652. The van der Waals surface area contributed by atoms with Gasteiger partial charge in [0.1, 0.15) is 18.2 Å². The van der Waals surface area contributed by atoms with Crippen molar-refractivity contribution in [1.29, 1.82) is 0 Å². The molecule has 0 radical (unpaired) electrons. The van der Waals surface area contributed by atoms with Gasteiger partial charge in [-0.1, -0.05) is 24.3 Å². The van der Waals surface area contributed by atoms with Crippen LogP contribution in [0.5, 0.6) is 0 Å². The Morgan fingerprint density at radius 1 is 1.10 bits per heavy atom. The number of methoxy groups -OCH3 is 1. The molecule has 0 unspecified atom stereocenters. The van der Waals surface area contributed by atoms with Crippen molar-refractivity contribution in [1.82, 2.24) is 9.55 Å². The Hall–Kier alpha value is -2.20. The highest BCUT2D eigenvalue weighted by molar-refractivity contribution is 5.76. The molecular weight excluding hydrogens is 255 g/mol. The topological polar surface area (TPSA) is 27.1 Å². The van der Waals surface area contributed by atoms with Crippen LogP contribution in [-0.4, -0.2) is 16.7 Å². The molecule has 1 heterocycles. The zero-order chi connectivity index (χ0) is 13.9. The number of hydrogen-bond donors (Lipinski definition) is 0. The highest BCUT2D eigenvalue weighted by Gasteiger charge is 2.10. The summed E-state index contributed by atoms with van der Waals surface area (Å²) >= 11 is 0. The van der Waals surface area contributed by atoms with Crippen LogP contribution in [0.2, 0.25) is 0 Å². The number of rotatable bonds is 4. The van der Waals surface area contributed by atoms with Crippen LogP contribution < -0.4 is 0 Å². The van der Waals surface area contributed by atoms with Crippen LogP contribution in [0.15, 0.2) is 48.5 Å². The van der Waals surface area contributed by atoms with Gasteiger partial charge >= 0.3 is 0 Å². The van der Waals surface area contributed by atoms with E-state index < -0.39 is 0 Å². The lowest BCUT2D eigenvalue weighted by atomic mass is 10.2. The number of benzene rings is 2. The molecular formula is C16H15FN2O. The van der Waals surface area contributed by atoms with Crippen LogP contribution in [0.3, 0.4) is 0 Å². The minimum atomic E-state index is -0.221. The molecule has 0 fully saturated rings. The van der Waals surface area contributed by atoms with Crippen LogP contribution in [-0.2, 0) is 17.9 Å². The average molecular weight is 270 g/mol. The van der Waals surface area contributed by atoms with Gasteiger partial charge in [-0.25, -0.2) is 9.37 Å². The number of hydrogen-bond acceptors (Lipinski definition) is 2. The van der Waals surface area contributed by atoms with E-state index in [0.29, 0.717) is 13.2 Å². The van der Waals surface area contributed by atoms with Gasteiger partial charge in [-0.15, -0.1) is 0 Å². The van der Waals surface area contributed by atoms with Crippen LogP contribution in [0.1, 0.15) is 11.4 Å². The molecule has 0 amide bonds. The molecule has 0 bridgehead atoms.